The van der Waals surface area contributed by atoms with Gasteiger partial charge in [-0.15, -0.1) is 0 Å². The lowest BCUT2D eigenvalue weighted by Crippen LogP contribution is -2.26. The summed E-state index contributed by atoms with van der Waals surface area (Å²) >= 11 is 0. The molecule has 0 bridgehead atoms. The third kappa shape index (κ3) is 6.71. The van der Waals surface area contributed by atoms with Crippen LogP contribution in [-0.2, 0) is 4.74 Å². The van der Waals surface area contributed by atoms with Crippen LogP contribution in [0.1, 0.15) is 30.5 Å². The molecular formula is C16H28N2O. The van der Waals surface area contributed by atoms with E-state index < -0.39 is 0 Å². The van der Waals surface area contributed by atoms with Gasteiger partial charge < -0.3 is 15.0 Å². The largest absolute Gasteiger partial charge is 0.379 e. The molecule has 1 atom stereocenters. The summed E-state index contributed by atoms with van der Waals surface area (Å²) in [6, 6.07) is 9.20. The molecule has 0 aliphatic rings. The van der Waals surface area contributed by atoms with Crippen molar-refractivity contribution in [2.45, 2.75) is 26.3 Å². The number of hydrogen-bond acceptors (Lipinski definition) is 3. The monoisotopic (exact) mass is 264 g/mol. The third-order valence-electron chi connectivity index (χ3n) is 3.21. The Morgan fingerprint density at radius 2 is 1.84 bits per heavy atom. The van der Waals surface area contributed by atoms with Crippen LogP contribution in [0.4, 0.5) is 0 Å². The lowest BCUT2D eigenvalue weighted by atomic mass is 10.0. The molecule has 108 valence electrons. The molecule has 1 aromatic rings. The van der Waals surface area contributed by atoms with E-state index in [2.05, 4.69) is 62.4 Å². The highest BCUT2D eigenvalue weighted by molar-refractivity contribution is 5.23. The van der Waals surface area contributed by atoms with E-state index in [4.69, 9.17) is 4.74 Å². The van der Waals surface area contributed by atoms with E-state index in [1.54, 1.807) is 0 Å². The van der Waals surface area contributed by atoms with Gasteiger partial charge in [-0.25, -0.2) is 0 Å². The zero-order chi connectivity index (χ0) is 14.1. The fourth-order valence-electron chi connectivity index (χ4n) is 1.95. The molecule has 0 amide bonds. The Bertz CT molecular complexity index is 335. The maximum absolute atomic E-state index is 5.59. The summed E-state index contributed by atoms with van der Waals surface area (Å²) in [6.45, 7) is 7.79. The number of ether oxygens (including phenoxy) is 1. The summed E-state index contributed by atoms with van der Waals surface area (Å²) in [6.07, 6.45) is 1.10. The van der Waals surface area contributed by atoms with Crippen molar-refractivity contribution in [2.75, 3.05) is 40.4 Å². The first-order valence-electron chi connectivity index (χ1n) is 7.16. The van der Waals surface area contributed by atoms with Crippen LogP contribution in [0.3, 0.4) is 0 Å². The molecule has 1 unspecified atom stereocenters. The van der Waals surface area contributed by atoms with Gasteiger partial charge in [-0.2, -0.15) is 0 Å². The topological polar surface area (TPSA) is 24.5 Å². The van der Waals surface area contributed by atoms with Crippen molar-refractivity contribution in [1.29, 1.82) is 0 Å². The molecule has 0 aromatic heterocycles. The quantitative estimate of drug-likeness (QED) is 0.694. The summed E-state index contributed by atoms with van der Waals surface area (Å²) < 4.78 is 5.59. The number of hydrogen-bond donors (Lipinski definition) is 1. The van der Waals surface area contributed by atoms with Crippen LogP contribution in [0.25, 0.3) is 0 Å². The average Bonchev–Trinajstić information content (AvgIpc) is 2.39. The molecule has 0 saturated heterocycles. The molecule has 3 nitrogen and oxygen atoms in total. The van der Waals surface area contributed by atoms with Crippen LogP contribution in [0, 0.1) is 6.92 Å². The minimum Gasteiger partial charge on any atom is -0.379 e. The summed E-state index contributed by atoms with van der Waals surface area (Å²) in [5.41, 5.74) is 2.67. The zero-order valence-corrected chi connectivity index (χ0v) is 12.8. The maximum Gasteiger partial charge on any atom is 0.0593 e. The second kappa shape index (κ2) is 9.08. The summed E-state index contributed by atoms with van der Waals surface area (Å²) in [7, 11) is 4.12. The molecule has 3 heteroatoms. The molecule has 0 aliphatic heterocycles. The fraction of sp³-hybridized carbons (Fsp3) is 0.625. The first-order valence-corrected chi connectivity index (χ1v) is 7.16. The lowest BCUT2D eigenvalue weighted by molar-refractivity contribution is 0.117. The van der Waals surface area contributed by atoms with E-state index >= 15 is 0 Å². The first-order chi connectivity index (χ1) is 9.13. The van der Waals surface area contributed by atoms with Crippen LogP contribution < -0.4 is 5.32 Å². The van der Waals surface area contributed by atoms with Gasteiger partial charge >= 0.3 is 0 Å². The van der Waals surface area contributed by atoms with Crippen molar-refractivity contribution in [1.82, 2.24) is 10.2 Å². The van der Waals surface area contributed by atoms with Crippen molar-refractivity contribution < 1.29 is 4.74 Å². The SMILES string of the molecule is CCC(NCCOCCN(C)C)c1ccc(C)cc1. The minimum absolute atomic E-state index is 0.429. The number of nitrogens with zero attached hydrogens (tertiary/aromatic N) is 1. The Balaban J connectivity index is 2.24. The second-order valence-corrected chi connectivity index (χ2v) is 5.24. The smallest absolute Gasteiger partial charge is 0.0593 e. The molecule has 0 saturated carbocycles. The molecular weight excluding hydrogens is 236 g/mol. The predicted octanol–water partition coefficient (Wildman–Crippen LogP) is 2.61. The maximum atomic E-state index is 5.59. The fourth-order valence-corrected chi connectivity index (χ4v) is 1.95. The van der Waals surface area contributed by atoms with Crippen LogP contribution in [-0.4, -0.2) is 45.3 Å². The Morgan fingerprint density at radius 1 is 1.16 bits per heavy atom. The van der Waals surface area contributed by atoms with Crippen molar-refractivity contribution in [2.24, 2.45) is 0 Å². The van der Waals surface area contributed by atoms with Gasteiger partial charge in [0.25, 0.3) is 0 Å². The lowest BCUT2D eigenvalue weighted by Gasteiger charge is -2.18. The van der Waals surface area contributed by atoms with Crippen LogP contribution in [0.15, 0.2) is 24.3 Å². The molecule has 0 fully saturated rings. The highest BCUT2D eigenvalue weighted by Gasteiger charge is 2.07. The predicted molar refractivity (Wildman–Crippen MR) is 81.6 cm³/mol. The molecule has 0 heterocycles. The van der Waals surface area contributed by atoms with E-state index in [1.165, 1.54) is 11.1 Å². The molecule has 1 rings (SSSR count). The summed E-state index contributed by atoms with van der Waals surface area (Å²) in [4.78, 5) is 2.13. The Morgan fingerprint density at radius 3 is 2.42 bits per heavy atom. The zero-order valence-electron chi connectivity index (χ0n) is 12.8. The van der Waals surface area contributed by atoms with Crippen molar-refractivity contribution in [3.63, 3.8) is 0 Å². The molecule has 0 aliphatic carbocycles. The van der Waals surface area contributed by atoms with Gasteiger partial charge in [0.15, 0.2) is 0 Å². The molecule has 0 radical (unpaired) electrons. The summed E-state index contributed by atoms with van der Waals surface area (Å²) in [5.74, 6) is 0. The number of aryl methyl sites for hydroxylation is 1. The standard InChI is InChI=1S/C16H28N2O/c1-5-16(15-8-6-14(2)7-9-15)17-10-12-19-13-11-18(3)4/h6-9,16-17H,5,10-13H2,1-4H3. The van der Waals surface area contributed by atoms with Crippen molar-refractivity contribution in [3.8, 4) is 0 Å². The number of benzene rings is 1. The average molecular weight is 264 g/mol. The van der Waals surface area contributed by atoms with Gasteiger partial charge in [0.2, 0.25) is 0 Å². The highest BCUT2D eigenvalue weighted by atomic mass is 16.5. The first kappa shape index (κ1) is 16.2. The van der Waals surface area contributed by atoms with Crippen LogP contribution in [0.2, 0.25) is 0 Å². The van der Waals surface area contributed by atoms with Crippen LogP contribution >= 0.6 is 0 Å². The van der Waals surface area contributed by atoms with Crippen LogP contribution in [0.5, 0.6) is 0 Å². The van der Waals surface area contributed by atoms with Crippen molar-refractivity contribution >= 4 is 0 Å². The van der Waals surface area contributed by atoms with E-state index in [1.807, 2.05) is 0 Å². The van der Waals surface area contributed by atoms with Crippen molar-refractivity contribution in [3.05, 3.63) is 35.4 Å². The highest BCUT2D eigenvalue weighted by Crippen LogP contribution is 2.16. The van der Waals surface area contributed by atoms with E-state index in [0.29, 0.717) is 6.04 Å². The Kier molecular flexibility index (Phi) is 7.72. The van der Waals surface area contributed by atoms with E-state index in [-0.39, 0.29) is 0 Å². The van der Waals surface area contributed by atoms with Gasteiger partial charge in [-0.05, 0) is 33.0 Å². The molecule has 1 aromatic carbocycles. The Labute approximate surface area is 118 Å². The van der Waals surface area contributed by atoms with Gasteiger partial charge in [0.1, 0.15) is 0 Å². The van der Waals surface area contributed by atoms with E-state index in [9.17, 15) is 0 Å². The third-order valence-corrected chi connectivity index (χ3v) is 3.21. The van der Waals surface area contributed by atoms with Gasteiger partial charge in [0, 0.05) is 19.1 Å². The molecule has 19 heavy (non-hydrogen) atoms. The molecule has 1 N–H and O–H groups in total. The number of nitrogens with one attached hydrogen (secondary N) is 1. The summed E-state index contributed by atoms with van der Waals surface area (Å²) in [5, 5.41) is 3.55. The number of rotatable bonds is 9. The van der Waals surface area contributed by atoms with Gasteiger partial charge in [-0.1, -0.05) is 36.8 Å². The van der Waals surface area contributed by atoms with Gasteiger partial charge in [-0.3, -0.25) is 0 Å². The molecule has 0 spiro atoms. The van der Waals surface area contributed by atoms with E-state index in [0.717, 1.165) is 32.7 Å². The van der Waals surface area contributed by atoms with Gasteiger partial charge in [0.05, 0.1) is 13.2 Å². The minimum atomic E-state index is 0.429. The normalized spacial score (nSPS) is 12.9. The Hall–Kier alpha value is -0.900. The number of likely N-dealkylation sites (N-methyl/N-ethyl adjacent to an activating group) is 1. The second-order valence-electron chi connectivity index (χ2n) is 5.24.